The monoisotopic (exact) mass is 215 g/mol. The Hall–Kier alpha value is -0.380. The number of nitrogens with one attached hydrogen (secondary N) is 1. The van der Waals surface area contributed by atoms with Crippen LogP contribution in [-0.2, 0) is 0 Å². The lowest BCUT2D eigenvalue weighted by atomic mass is 10.1. The standard InChI is InChI=1S/C8H10BrNO/c1-6(10-11)7-4-2-3-5-8(7)9/h2-6,10-11H,1H3. The van der Waals surface area contributed by atoms with Gasteiger partial charge in [0, 0.05) is 4.47 Å². The molecule has 60 valence electrons. The van der Waals surface area contributed by atoms with Crippen LogP contribution in [0.2, 0.25) is 0 Å². The first-order valence-electron chi connectivity index (χ1n) is 3.39. The molecule has 0 aromatic heterocycles. The van der Waals surface area contributed by atoms with Gasteiger partial charge >= 0.3 is 0 Å². The molecule has 3 heteroatoms. The number of hydrogen-bond donors (Lipinski definition) is 2. The molecule has 0 bridgehead atoms. The summed E-state index contributed by atoms with van der Waals surface area (Å²) in [6, 6.07) is 7.75. The first-order chi connectivity index (χ1) is 5.25. The van der Waals surface area contributed by atoms with Crippen LogP contribution in [0.25, 0.3) is 0 Å². The van der Waals surface area contributed by atoms with E-state index in [2.05, 4.69) is 21.4 Å². The lowest BCUT2D eigenvalue weighted by Gasteiger charge is -2.10. The Labute approximate surface area is 74.3 Å². The maximum absolute atomic E-state index is 8.64. The van der Waals surface area contributed by atoms with E-state index in [1.54, 1.807) is 0 Å². The van der Waals surface area contributed by atoms with Gasteiger partial charge in [0.25, 0.3) is 0 Å². The van der Waals surface area contributed by atoms with Crippen LogP contribution in [0.5, 0.6) is 0 Å². The van der Waals surface area contributed by atoms with Gasteiger partial charge < -0.3 is 5.21 Å². The Morgan fingerprint density at radius 1 is 1.45 bits per heavy atom. The maximum atomic E-state index is 8.64. The second-order valence-corrected chi connectivity index (χ2v) is 3.23. The minimum Gasteiger partial charge on any atom is -0.316 e. The van der Waals surface area contributed by atoms with Crippen LogP contribution in [-0.4, -0.2) is 5.21 Å². The Kier molecular flexibility index (Phi) is 3.05. The van der Waals surface area contributed by atoms with Gasteiger partial charge in [-0.3, -0.25) is 0 Å². The Balaban J connectivity index is 2.93. The fourth-order valence-electron chi connectivity index (χ4n) is 0.896. The van der Waals surface area contributed by atoms with Gasteiger partial charge in [0.2, 0.25) is 0 Å². The van der Waals surface area contributed by atoms with Crippen molar-refractivity contribution in [3.63, 3.8) is 0 Å². The molecule has 0 amide bonds. The summed E-state index contributed by atoms with van der Waals surface area (Å²) in [5.41, 5.74) is 3.24. The normalized spacial score (nSPS) is 13.0. The van der Waals surface area contributed by atoms with E-state index in [-0.39, 0.29) is 6.04 Å². The molecule has 0 spiro atoms. The van der Waals surface area contributed by atoms with Crippen molar-refractivity contribution in [2.45, 2.75) is 13.0 Å². The summed E-state index contributed by atoms with van der Waals surface area (Å²) >= 11 is 3.39. The molecule has 0 aliphatic carbocycles. The molecule has 0 aliphatic heterocycles. The smallest absolute Gasteiger partial charge is 0.0551 e. The van der Waals surface area contributed by atoms with Crippen LogP contribution in [0.4, 0.5) is 0 Å². The van der Waals surface area contributed by atoms with Crippen molar-refractivity contribution in [3.8, 4) is 0 Å². The van der Waals surface area contributed by atoms with Gasteiger partial charge in [-0.1, -0.05) is 34.1 Å². The average molecular weight is 216 g/mol. The summed E-state index contributed by atoms with van der Waals surface area (Å²) < 4.78 is 1.01. The molecular weight excluding hydrogens is 206 g/mol. The first-order valence-corrected chi connectivity index (χ1v) is 4.19. The van der Waals surface area contributed by atoms with E-state index in [0.29, 0.717) is 0 Å². The molecule has 2 nitrogen and oxygen atoms in total. The van der Waals surface area contributed by atoms with Crippen molar-refractivity contribution >= 4 is 15.9 Å². The van der Waals surface area contributed by atoms with Crippen LogP contribution in [0.15, 0.2) is 28.7 Å². The van der Waals surface area contributed by atoms with Crippen molar-refractivity contribution < 1.29 is 5.21 Å². The second kappa shape index (κ2) is 3.85. The molecule has 0 saturated carbocycles. The highest BCUT2D eigenvalue weighted by molar-refractivity contribution is 9.10. The Bertz CT molecular complexity index is 239. The molecule has 0 heterocycles. The van der Waals surface area contributed by atoms with Gasteiger partial charge in [-0.2, -0.15) is 5.48 Å². The molecule has 1 atom stereocenters. The molecule has 11 heavy (non-hydrogen) atoms. The summed E-state index contributed by atoms with van der Waals surface area (Å²) in [4.78, 5) is 0. The van der Waals surface area contributed by atoms with Gasteiger partial charge in [-0.15, -0.1) is 0 Å². The Morgan fingerprint density at radius 3 is 2.64 bits per heavy atom. The molecule has 0 aliphatic rings. The van der Waals surface area contributed by atoms with Gasteiger partial charge in [-0.05, 0) is 18.6 Å². The largest absolute Gasteiger partial charge is 0.316 e. The number of hydrogen-bond acceptors (Lipinski definition) is 2. The molecule has 0 saturated heterocycles. The summed E-state index contributed by atoms with van der Waals surface area (Å²) in [5, 5.41) is 8.64. The van der Waals surface area contributed by atoms with Crippen LogP contribution in [0.3, 0.4) is 0 Å². The predicted molar refractivity (Wildman–Crippen MR) is 47.5 cm³/mol. The number of hydroxylamine groups is 1. The predicted octanol–water partition coefficient (Wildman–Crippen LogP) is 2.49. The van der Waals surface area contributed by atoms with Crippen LogP contribution >= 0.6 is 15.9 Å². The van der Waals surface area contributed by atoms with E-state index in [1.807, 2.05) is 31.2 Å². The molecule has 2 N–H and O–H groups in total. The zero-order chi connectivity index (χ0) is 8.27. The lowest BCUT2D eigenvalue weighted by Crippen LogP contribution is -2.13. The van der Waals surface area contributed by atoms with E-state index in [0.717, 1.165) is 10.0 Å². The maximum Gasteiger partial charge on any atom is 0.0551 e. The fourth-order valence-corrected chi connectivity index (χ4v) is 1.52. The molecular formula is C8H10BrNO. The highest BCUT2D eigenvalue weighted by Crippen LogP contribution is 2.21. The second-order valence-electron chi connectivity index (χ2n) is 2.37. The summed E-state index contributed by atoms with van der Waals surface area (Å²) in [6.07, 6.45) is 0. The quantitative estimate of drug-likeness (QED) is 0.744. The van der Waals surface area contributed by atoms with Crippen molar-refractivity contribution in [1.82, 2.24) is 5.48 Å². The van der Waals surface area contributed by atoms with Crippen molar-refractivity contribution in [2.75, 3.05) is 0 Å². The summed E-state index contributed by atoms with van der Waals surface area (Å²) in [6.45, 7) is 1.89. The third-order valence-corrected chi connectivity index (χ3v) is 2.29. The highest BCUT2D eigenvalue weighted by Gasteiger charge is 2.05. The van der Waals surface area contributed by atoms with Crippen molar-refractivity contribution in [2.24, 2.45) is 0 Å². The lowest BCUT2D eigenvalue weighted by molar-refractivity contribution is 0.133. The minimum absolute atomic E-state index is 0.0365. The van der Waals surface area contributed by atoms with E-state index in [4.69, 9.17) is 5.21 Å². The molecule has 1 aromatic carbocycles. The van der Waals surface area contributed by atoms with E-state index >= 15 is 0 Å². The zero-order valence-corrected chi connectivity index (χ0v) is 7.80. The number of halogens is 1. The van der Waals surface area contributed by atoms with Gasteiger partial charge in [0.1, 0.15) is 0 Å². The van der Waals surface area contributed by atoms with E-state index < -0.39 is 0 Å². The number of benzene rings is 1. The molecule has 1 rings (SSSR count). The molecule has 0 fully saturated rings. The van der Waals surface area contributed by atoms with E-state index in [9.17, 15) is 0 Å². The topological polar surface area (TPSA) is 32.3 Å². The van der Waals surface area contributed by atoms with Crippen LogP contribution in [0, 0.1) is 0 Å². The Morgan fingerprint density at radius 2 is 2.09 bits per heavy atom. The highest BCUT2D eigenvalue weighted by atomic mass is 79.9. The van der Waals surface area contributed by atoms with Crippen molar-refractivity contribution in [1.29, 1.82) is 0 Å². The average Bonchev–Trinajstić information content (AvgIpc) is 2.04. The molecule has 1 unspecified atom stereocenters. The third kappa shape index (κ3) is 2.02. The summed E-state index contributed by atoms with van der Waals surface area (Å²) in [5.74, 6) is 0. The summed E-state index contributed by atoms with van der Waals surface area (Å²) in [7, 11) is 0. The van der Waals surface area contributed by atoms with Crippen molar-refractivity contribution in [3.05, 3.63) is 34.3 Å². The minimum atomic E-state index is -0.0365. The van der Waals surface area contributed by atoms with Gasteiger partial charge in [0.15, 0.2) is 0 Å². The number of rotatable bonds is 2. The van der Waals surface area contributed by atoms with Gasteiger partial charge in [0.05, 0.1) is 6.04 Å². The van der Waals surface area contributed by atoms with Gasteiger partial charge in [-0.25, -0.2) is 0 Å². The fraction of sp³-hybridized carbons (Fsp3) is 0.250. The third-order valence-electron chi connectivity index (χ3n) is 1.57. The van der Waals surface area contributed by atoms with Crippen LogP contribution in [0.1, 0.15) is 18.5 Å². The SMILES string of the molecule is CC(NO)c1ccccc1Br. The molecule has 0 radical (unpaired) electrons. The first kappa shape index (κ1) is 8.71. The zero-order valence-electron chi connectivity index (χ0n) is 6.21. The molecule has 1 aromatic rings. The van der Waals surface area contributed by atoms with E-state index in [1.165, 1.54) is 0 Å². The van der Waals surface area contributed by atoms with Crippen LogP contribution < -0.4 is 5.48 Å².